The van der Waals surface area contributed by atoms with E-state index in [-0.39, 0.29) is 63.2 Å². The maximum absolute atomic E-state index is 5.21. The molecule has 0 unspecified atom stereocenters. The first-order valence-electron chi connectivity index (χ1n) is 44.5. The van der Waals surface area contributed by atoms with Crippen LogP contribution in [-0.4, -0.2) is 71.0 Å². The van der Waals surface area contributed by atoms with E-state index in [1.165, 1.54) is 32.5 Å². The molecule has 27 rings (SSSR count). The van der Waals surface area contributed by atoms with Crippen molar-refractivity contribution in [3.8, 4) is 108 Å². The molecule has 656 valence electrons. The van der Waals surface area contributed by atoms with Gasteiger partial charge in [0.25, 0.3) is 0 Å². The Hall–Kier alpha value is -15.5. The number of aryl methyl sites for hydroxylation is 6. The van der Waals surface area contributed by atoms with Gasteiger partial charge >= 0.3 is 63.2 Å². The third-order valence-electron chi connectivity index (χ3n) is 26.4. The molecule has 0 aliphatic rings. The van der Waals surface area contributed by atoms with Gasteiger partial charge in [0, 0.05) is 64.4 Å². The fourth-order valence-electron chi connectivity index (χ4n) is 19.8. The number of benzene rings is 18. The molecule has 136 heavy (non-hydrogen) atoms. The van der Waals surface area contributed by atoms with E-state index in [2.05, 4.69) is 435 Å². The quantitative estimate of drug-likeness (QED) is 0.119. The van der Waals surface area contributed by atoms with Crippen LogP contribution in [0.2, 0.25) is 0 Å². The van der Waals surface area contributed by atoms with Crippen molar-refractivity contribution < 1.29 is 63.2 Å². The fourth-order valence-corrected chi connectivity index (χ4v) is 19.8. The van der Waals surface area contributed by atoms with E-state index in [0.717, 1.165) is 218 Å². The first-order valence-corrected chi connectivity index (χ1v) is 44.5. The molecule has 0 aliphatic heterocycles. The second-order valence-electron chi connectivity index (χ2n) is 34.0. The zero-order chi connectivity index (χ0) is 88.8. The normalized spacial score (nSPS) is 11.6. The second-order valence-corrected chi connectivity index (χ2v) is 34.0. The summed E-state index contributed by atoms with van der Waals surface area (Å²) in [5.74, 6) is 5.31. The summed E-state index contributed by atoms with van der Waals surface area (Å²) in [6.07, 6.45) is 0. The van der Waals surface area contributed by atoms with Crippen molar-refractivity contribution in [2.24, 2.45) is 42.3 Å². The molecule has 0 saturated heterocycles. The van der Waals surface area contributed by atoms with Gasteiger partial charge in [-0.15, -0.1) is 161 Å². The molecule has 0 saturated carbocycles. The van der Waals surface area contributed by atoms with Gasteiger partial charge in [-0.3, -0.25) is 29.9 Å². The maximum atomic E-state index is 5.21. The first-order chi connectivity index (χ1) is 65.4. The van der Waals surface area contributed by atoms with Gasteiger partial charge in [-0.05, 0) is 162 Å². The number of rotatable bonds is 11. The Morgan fingerprint density at radius 1 is 0.191 bits per heavy atom. The van der Waals surface area contributed by atoms with Crippen LogP contribution in [0.25, 0.3) is 250 Å². The molecule has 0 fully saturated rings. The molecule has 0 N–H and O–H groups in total. The monoisotopic (exact) mass is 2290 g/mol. The summed E-state index contributed by atoms with van der Waals surface area (Å²) < 4.78 is 19.7. The van der Waals surface area contributed by atoms with Crippen LogP contribution in [0, 0.1) is 36.4 Å². The van der Waals surface area contributed by atoms with E-state index in [1.54, 1.807) is 0 Å². The van der Waals surface area contributed by atoms with Crippen molar-refractivity contribution in [3.05, 3.63) is 406 Å². The smallest absolute Gasteiger partial charge is 0.367 e. The zero-order valence-electron chi connectivity index (χ0n) is 74.4. The van der Waals surface area contributed by atoms with E-state index in [1.807, 2.05) is 54.6 Å². The predicted octanol–water partition coefficient (Wildman–Crippen LogP) is 27.0. The van der Waals surface area contributed by atoms with Gasteiger partial charge < -0.3 is 41.1 Å². The van der Waals surface area contributed by atoms with Crippen LogP contribution in [0.5, 0.6) is 0 Å². The van der Waals surface area contributed by atoms with Crippen LogP contribution in [0.15, 0.2) is 370 Å². The summed E-state index contributed by atoms with van der Waals surface area (Å²) in [5.41, 5.74) is 31.8. The second kappa shape index (κ2) is 34.8. The molecule has 0 aliphatic carbocycles. The molecule has 0 spiro atoms. The van der Waals surface area contributed by atoms with Crippen LogP contribution in [0.3, 0.4) is 0 Å². The summed E-state index contributed by atoms with van der Waals surface area (Å²) in [7, 11) is 12.4. The third-order valence-corrected chi connectivity index (χ3v) is 26.4. The van der Waals surface area contributed by atoms with Gasteiger partial charge in [0.1, 0.15) is 0 Å². The minimum absolute atomic E-state index is 0. The summed E-state index contributed by atoms with van der Waals surface area (Å²) in [6.45, 7) is 0. The number of fused-ring (bicyclic) bond motifs is 16. The summed E-state index contributed by atoms with van der Waals surface area (Å²) in [6, 6.07) is 151. The van der Waals surface area contributed by atoms with Crippen molar-refractivity contribution >= 4 is 142 Å². The van der Waals surface area contributed by atoms with Gasteiger partial charge in [0.05, 0.1) is 101 Å². The van der Waals surface area contributed by atoms with Gasteiger partial charge in [0.2, 0.25) is 0 Å². The Labute approximate surface area is 825 Å². The molecule has 15 nitrogen and oxygen atoms in total. The van der Waals surface area contributed by atoms with E-state index in [0.29, 0.717) is 0 Å². The van der Waals surface area contributed by atoms with Gasteiger partial charge in [-0.2, -0.15) is 0 Å². The summed E-state index contributed by atoms with van der Waals surface area (Å²) in [4.78, 5) is 30.2. The molecule has 18 heteroatoms. The molecule has 0 radical (unpaired) electrons. The third kappa shape index (κ3) is 14.4. The molecule has 9 aromatic heterocycles. The number of hydrogen-bond acceptors (Lipinski definition) is 6. The molecule has 0 amide bonds. The Kier molecular flexibility index (Phi) is 22.0. The van der Waals surface area contributed by atoms with Crippen LogP contribution >= 0.6 is 0 Å². The number of nitrogens with zero attached hydrogens (tertiary/aromatic N) is 15. The van der Waals surface area contributed by atoms with Crippen molar-refractivity contribution in [1.82, 2.24) is 71.0 Å². The molecule has 0 atom stereocenters. The standard InChI is InChI=1S/2C40H27N5.C38H25N5.3Pt/c1-43-35-20-9-7-18-33(35)41-39(43)27-14-10-15-29(24-27)45-34-19-8-6-16-31(34)32-23-22-28(25-37(32)45)40-42-38-30(26-12-4-3-5-13-26)17-11-21-36(38)44(40)2;1-43-36-18-9-7-16-33(36)41-39(43)28-13-10-14-30(23-28)45-35-17-8-6-15-31(35)32-21-19-29(25-38(32)45)40-42-34-24-27(20-22-37(34)44(40)2)26-11-4-3-5-12-26;1-41-33-16-7-5-14-31(33)39-37(41)26-12-9-13-28(20-26)43-35-23-27(38-40-32-15-6-8-17-34(32)42(38)2)18-19-29(35)30-21-24-10-3-4-11-25(24)22-36(30)43;;;/h3-23H,1-2H3;3-22,24H,1-2H3;3-19,21-22H,1-2H3;;;/q3*-2;3*+2. The number of imidazole rings is 6. The van der Waals surface area contributed by atoms with Crippen molar-refractivity contribution in [2.45, 2.75) is 0 Å². The SMILES string of the molecule is Cn1c(-c2[c-]c(-n3c4[c-]c(-c5nc6c(-c7ccccc7)cccc6n5C)ccc4c4ccccc43)ccc2)nc2ccccc21.Cn1c(-c2[c-]c(-n3c4[c-]c(-c5nc6cc(-c7ccccc7)ccc6n5C)ccc4c4ccccc43)ccc2)nc2ccccc21.Cn1c(-c2[c-]c(-n3c4[c-]c(-c5nc6ccccc6n5C)ccc4c4cc5ccccc5cc43)ccc2)nc2ccccc21.[Pt+2].[Pt+2].[Pt+2]. The fraction of sp³-hybridized carbons (Fsp3) is 0.0508. The average Bonchev–Trinajstić information content (AvgIpc) is 1.58. The number of aromatic nitrogens is 15. The Morgan fingerprint density at radius 3 is 0.934 bits per heavy atom. The number of para-hydroxylation sites is 11. The van der Waals surface area contributed by atoms with E-state index in [9.17, 15) is 0 Å². The summed E-state index contributed by atoms with van der Waals surface area (Å²) in [5, 5.41) is 9.36. The minimum atomic E-state index is 0. The number of hydrogen-bond donors (Lipinski definition) is 0. The largest absolute Gasteiger partial charge is 2.00 e. The predicted molar refractivity (Wildman–Crippen MR) is 542 cm³/mol. The Bertz CT molecular complexity index is 9400. The Balaban J connectivity index is 0.000000117. The molecule has 18 aromatic carbocycles. The molecular formula is C118H79N15Pt3. The van der Waals surface area contributed by atoms with E-state index >= 15 is 0 Å². The van der Waals surface area contributed by atoms with Crippen molar-refractivity contribution in [2.75, 3.05) is 0 Å². The molecule has 9 heterocycles. The van der Waals surface area contributed by atoms with Crippen molar-refractivity contribution in [3.63, 3.8) is 0 Å². The van der Waals surface area contributed by atoms with Crippen LogP contribution in [0.1, 0.15) is 0 Å². The van der Waals surface area contributed by atoms with Crippen molar-refractivity contribution in [1.29, 1.82) is 0 Å². The van der Waals surface area contributed by atoms with Gasteiger partial charge in [-0.1, -0.05) is 210 Å². The zero-order valence-corrected chi connectivity index (χ0v) is 81.2. The van der Waals surface area contributed by atoms with Crippen LogP contribution in [0.4, 0.5) is 0 Å². The summed E-state index contributed by atoms with van der Waals surface area (Å²) >= 11 is 0. The first kappa shape index (κ1) is 85.9. The molecule has 0 bridgehead atoms. The van der Waals surface area contributed by atoms with Gasteiger partial charge in [0.15, 0.2) is 0 Å². The van der Waals surface area contributed by atoms with Crippen LogP contribution < -0.4 is 0 Å². The van der Waals surface area contributed by atoms with Crippen LogP contribution in [-0.2, 0) is 105 Å². The Morgan fingerprint density at radius 2 is 0.507 bits per heavy atom. The molecular weight excluding hydrogens is 2210 g/mol. The average molecular weight is 2290 g/mol. The molecule has 27 aromatic rings. The van der Waals surface area contributed by atoms with Gasteiger partial charge in [-0.25, -0.2) is 0 Å². The van der Waals surface area contributed by atoms with E-state index in [4.69, 9.17) is 29.9 Å². The topological polar surface area (TPSA) is 122 Å². The van der Waals surface area contributed by atoms with E-state index < -0.39 is 0 Å². The minimum Gasteiger partial charge on any atom is -0.367 e. The maximum Gasteiger partial charge on any atom is 2.00 e.